The lowest BCUT2D eigenvalue weighted by Crippen LogP contribution is -2.51. The molecule has 1 aromatic carbocycles. The number of pyridine rings is 1. The molecule has 3 N–H and O–H groups in total. The number of carboxylic acids is 1. The number of halogens is 2. The van der Waals surface area contributed by atoms with Crippen LogP contribution in [0.15, 0.2) is 48.4 Å². The van der Waals surface area contributed by atoms with Crippen molar-refractivity contribution in [1.82, 2.24) is 5.32 Å². The molecule has 1 atom stereocenters. The number of rotatable bonds is 7. The first-order valence-electron chi connectivity index (χ1n) is 10.9. The summed E-state index contributed by atoms with van der Waals surface area (Å²) in [6.45, 7) is 0. The monoisotopic (exact) mass is 503 g/mol. The molecular weight excluding hydrogens is 481 g/mol. The van der Waals surface area contributed by atoms with E-state index in [1.807, 2.05) is 0 Å². The van der Waals surface area contributed by atoms with Crippen molar-refractivity contribution in [3.05, 3.63) is 74.8 Å². The number of carboxylic acid groups (broad SMARTS) is 1. The van der Waals surface area contributed by atoms with Crippen LogP contribution in [0.2, 0.25) is 10.0 Å². The van der Waals surface area contributed by atoms with E-state index in [9.17, 15) is 24.7 Å². The van der Waals surface area contributed by atoms with Crippen LogP contribution in [0.1, 0.15) is 48.0 Å². The molecule has 2 aliphatic rings. The van der Waals surface area contributed by atoms with Crippen molar-refractivity contribution in [3.8, 4) is 0 Å². The summed E-state index contributed by atoms with van der Waals surface area (Å²) in [5.74, 6) is -1.50. The molecule has 2 aromatic rings. The molecule has 0 saturated heterocycles. The summed E-state index contributed by atoms with van der Waals surface area (Å²) in [6.07, 6.45) is 8.33. The number of carbonyl (C=O) groups excluding carboxylic acids is 2. The van der Waals surface area contributed by atoms with Crippen LogP contribution in [0.5, 0.6) is 0 Å². The number of nitrogens with zero attached hydrogens (tertiary/aromatic N) is 1. The van der Waals surface area contributed by atoms with Crippen molar-refractivity contribution in [2.75, 3.05) is 5.32 Å². The molecule has 1 saturated carbocycles. The highest BCUT2D eigenvalue weighted by atomic mass is 35.5. The Labute approximate surface area is 206 Å². The summed E-state index contributed by atoms with van der Waals surface area (Å²) in [5, 5.41) is 26.7. The van der Waals surface area contributed by atoms with Gasteiger partial charge in [-0.1, -0.05) is 54.6 Å². The zero-order chi connectivity index (χ0) is 24.5. The van der Waals surface area contributed by atoms with E-state index in [4.69, 9.17) is 23.2 Å². The summed E-state index contributed by atoms with van der Waals surface area (Å²) in [5.41, 5.74) is 1.36. The minimum absolute atomic E-state index is 0.0189. The third-order valence-corrected chi connectivity index (χ3v) is 7.01. The van der Waals surface area contributed by atoms with E-state index in [-0.39, 0.29) is 27.8 Å². The fraction of sp³-hybridized carbons (Fsp3) is 0.333. The first-order chi connectivity index (χ1) is 16.2. The molecule has 1 spiro atoms. The van der Waals surface area contributed by atoms with Gasteiger partial charge in [0.25, 0.3) is 5.91 Å². The SMILES string of the molecule is O=C(Nc1ccc(C[C@H](NC2=CC(=O)C23CCCCC3)C(=O)O)cc1)c1c(Cl)c[n+]([O-])cc1Cl. The molecule has 8 nitrogen and oxygen atoms in total. The summed E-state index contributed by atoms with van der Waals surface area (Å²) in [6, 6.07) is 5.81. The molecule has 1 amide bonds. The van der Waals surface area contributed by atoms with Gasteiger partial charge in [-0.15, -0.1) is 0 Å². The zero-order valence-electron chi connectivity index (χ0n) is 18.1. The number of hydrogen-bond donors (Lipinski definition) is 3. The third-order valence-electron chi connectivity index (χ3n) is 6.44. The van der Waals surface area contributed by atoms with Crippen molar-refractivity contribution in [3.63, 3.8) is 0 Å². The summed E-state index contributed by atoms with van der Waals surface area (Å²) in [7, 11) is 0. The topological polar surface area (TPSA) is 122 Å². The summed E-state index contributed by atoms with van der Waals surface area (Å²) >= 11 is 11.9. The van der Waals surface area contributed by atoms with Crippen molar-refractivity contribution in [1.29, 1.82) is 0 Å². The van der Waals surface area contributed by atoms with Crippen molar-refractivity contribution >= 4 is 46.5 Å². The van der Waals surface area contributed by atoms with E-state index in [0.29, 0.717) is 10.4 Å². The van der Waals surface area contributed by atoms with Crippen LogP contribution < -0.4 is 15.4 Å². The Hall–Kier alpha value is -3.10. The van der Waals surface area contributed by atoms with Gasteiger partial charge < -0.3 is 20.9 Å². The molecule has 0 unspecified atom stereocenters. The maximum Gasteiger partial charge on any atom is 0.326 e. The minimum Gasteiger partial charge on any atom is -0.619 e. The van der Waals surface area contributed by atoms with Crippen molar-refractivity contribution in [2.24, 2.45) is 5.41 Å². The lowest BCUT2D eigenvalue weighted by molar-refractivity contribution is -0.605. The van der Waals surface area contributed by atoms with E-state index < -0.39 is 23.3 Å². The lowest BCUT2D eigenvalue weighted by atomic mass is 9.62. The van der Waals surface area contributed by atoms with Crippen LogP contribution in [0.4, 0.5) is 5.69 Å². The number of anilines is 1. The second-order valence-electron chi connectivity index (χ2n) is 8.64. The lowest BCUT2D eigenvalue weighted by Gasteiger charge is -2.44. The van der Waals surface area contributed by atoms with Crippen molar-refractivity contribution < 1.29 is 24.2 Å². The first kappa shape index (κ1) is 24.0. The highest BCUT2D eigenvalue weighted by Crippen LogP contribution is 2.48. The van der Waals surface area contributed by atoms with Gasteiger partial charge in [0.1, 0.15) is 16.1 Å². The molecule has 4 rings (SSSR count). The molecule has 178 valence electrons. The van der Waals surface area contributed by atoms with Gasteiger partial charge in [-0.05, 0) is 30.5 Å². The van der Waals surface area contributed by atoms with Gasteiger partial charge in [0, 0.05) is 23.9 Å². The number of hydrogen-bond acceptors (Lipinski definition) is 5. The average molecular weight is 504 g/mol. The number of aliphatic carboxylic acids is 1. The van der Waals surface area contributed by atoms with E-state index in [1.54, 1.807) is 24.3 Å². The number of nitrogens with one attached hydrogen (secondary N) is 2. The minimum atomic E-state index is -1.01. The summed E-state index contributed by atoms with van der Waals surface area (Å²) in [4.78, 5) is 36.7. The Morgan fingerprint density at radius 1 is 1.09 bits per heavy atom. The largest absolute Gasteiger partial charge is 0.619 e. The fourth-order valence-electron chi connectivity index (χ4n) is 4.58. The van der Waals surface area contributed by atoms with Crippen LogP contribution in [0.3, 0.4) is 0 Å². The maximum absolute atomic E-state index is 12.5. The van der Waals surface area contributed by atoms with Gasteiger partial charge in [-0.2, -0.15) is 4.73 Å². The van der Waals surface area contributed by atoms with Crippen LogP contribution >= 0.6 is 23.2 Å². The molecule has 1 heterocycles. The highest BCUT2D eigenvalue weighted by molar-refractivity contribution is 6.40. The average Bonchev–Trinajstić information content (AvgIpc) is 2.79. The zero-order valence-corrected chi connectivity index (χ0v) is 19.7. The van der Waals surface area contributed by atoms with Gasteiger partial charge in [0.05, 0.1) is 11.0 Å². The standard InChI is InChI=1S/C24H23Cl2N3O5/c25-16-12-29(34)13-17(26)21(16)22(31)27-15-6-4-14(5-7-15)10-18(23(32)33)28-19-11-20(30)24(19)8-2-1-3-9-24/h4-7,11-13,18,28H,1-3,8-10H2,(H,27,31)(H,32,33)/t18-/m0/s1. The molecule has 2 aliphatic carbocycles. The number of amides is 1. The molecule has 0 aliphatic heterocycles. The Kier molecular flexibility index (Phi) is 6.81. The van der Waals surface area contributed by atoms with Crippen LogP contribution in [-0.2, 0) is 16.0 Å². The van der Waals surface area contributed by atoms with E-state index in [0.717, 1.165) is 55.8 Å². The van der Waals surface area contributed by atoms with Gasteiger partial charge >= 0.3 is 5.97 Å². The second-order valence-corrected chi connectivity index (χ2v) is 9.46. The molecule has 1 fully saturated rings. The Bertz CT molecular complexity index is 1150. The number of carbonyl (C=O) groups is 3. The predicted molar refractivity (Wildman–Crippen MR) is 127 cm³/mol. The summed E-state index contributed by atoms with van der Waals surface area (Å²) < 4.78 is 0.412. The number of aromatic nitrogens is 1. The van der Waals surface area contributed by atoms with Crippen LogP contribution in [0.25, 0.3) is 0 Å². The Balaban J connectivity index is 1.42. The van der Waals surface area contributed by atoms with E-state index >= 15 is 0 Å². The van der Waals surface area contributed by atoms with E-state index in [1.165, 1.54) is 6.08 Å². The molecule has 1 aromatic heterocycles. The van der Waals surface area contributed by atoms with Crippen molar-refractivity contribution in [2.45, 2.75) is 44.6 Å². The first-order valence-corrected chi connectivity index (χ1v) is 11.7. The van der Waals surface area contributed by atoms with E-state index in [2.05, 4.69) is 10.6 Å². The van der Waals surface area contributed by atoms with Gasteiger partial charge in [-0.25, -0.2) is 4.79 Å². The highest BCUT2D eigenvalue weighted by Gasteiger charge is 2.49. The Morgan fingerprint density at radius 2 is 1.71 bits per heavy atom. The van der Waals surface area contributed by atoms with Crippen LogP contribution in [-0.4, -0.2) is 28.8 Å². The molecule has 34 heavy (non-hydrogen) atoms. The normalized spacial score (nSPS) is 17.5. The smallest absolute Gasteiger partial charge is 0.326 e. The van der Waals surface area contributed by atoms with Gasteiger partial charge in [0.2, 0.25) is 0 Å². The van der Waals surface area contributed by atoms with Crippen LogP contribution in [0, 0.1) is 10.6 Å². The number of ketones is 1. The molecule has 0 bridgehead atoms. The van der Waals surface area contributed by atoms with Gasteiger partial charge in [-0.3, -0.25) is 9.59 Å². The Morgan fingerprint density at radius 3 is 2.26 bits per heavy atom. The quantitative estimate of drug-likeness (QED) is 0.389. The third kappa shape index (κ3) is 4.74. The number of allylic oxidation sites excluding steroid dienone is 2. The fourth-order valence-corrected chi connectivity index (χ4v) is 5.19. The molecular formula is C24H23Cl2N3O5. The maximum atomic E-state index is 12.5. The second kappa shape index (κ2) is 9.64. The predicted octanol–water partition coefficient (Wildman–Crippen LogP) is 3.88. The number of benzene rings is 1. The van der Waals surface area contributed by atoms with Gasteiger partial charge in [0.15, 0.2) is 18.2 Å². The molecule has 10 heteroatoms. The molecule has 0 radical (unpaired) electrons.